The van der Waals surface area contributed by atoms with E-state index in [-0.39, 0.29) is 0 Å². The van der Waals surface area contributed by atoms with Crippen LogP contribution in [0.3, 0.4) is 0 Å². The summed E-state index contributed by atoms with van der Waals surface area (Å²) in [4.78, 5) is 0. The van der Waals surface area contributed by atoms with Crippen LogP contribution in [0.15, 0.2) is 30.5 Å². The van der Waals surface area contributed by atoms with E-state index in [4.69, 9.17) is 9.47 Å². The molecule has 0 fully saturated rings. The highest BCUT2D eigenvalue weighted by molar-refractivity contribution is 5.44. The van der Waals surface area contributed by atoms with Crippen LogP contribution < -0.4 is 9.47 Å². The van der Waals surface area contributed by atoms with Crippen LogP contribution in [-0.2, 0) is 6.54 Å². The molecule has 3 heteroatoms. The second kappa shape index (κ2) is 3.59. The largest absolute Gasteiger partial charge is 0.454 e. The molecule has 1 aromatic heterocycles. The van der Waals surface area contributed by atoms with Crippen LogP contribution in [0.25, 0.3) is 0 Å². The van der Waals surface area contributed by atoms with Gasteiger partial charge in [0.2, 0.25) is 6.79 Å². The van der Waals surface area contributed by atoms with Gasteiger partial charge < -0.3 is 14.0 Å². The molecule has 0 atom stereocenters. The van der Waals surface area contributed by atoms with Gasteiger partial charge >= 0.3 is 0 Å². The second-order valence-electron chi connectivity index (χ2n) is 3.86. The molecule has 3 rings (SSSR count). The molecule has 0 saturated heterocycles. The first kappa shape index (κ1) is 9.33. The molecule has 1 aliphatic rings. The van der Waals surface area contributed by atoms with Crippen molar-refractivity contribution in [1.29, 1.82) is 0 Å². The molecule has 0 N–H and O–H groups in total. The first-order chi connectivity index (χ1) is 7.83. The predicted molar refractivity (Wildman–Crippen MR) is 59.7 cm³/mol. The number of benzene rings is 1. The molecule has 0 saturated carbocycles. The zero-order valence-electron chi connectivity index (χ0n) is 9.06. The summed E-state index contributed by atoms with van der Waals surface area (Å²) < 4.78 is 12.8. The third-order valence-electron chi connectivity index (χ3n) is 2.77. The molecule has 2 heterocycles. The molecule has 1 aliphatic heterocycles. The van der Waals surface area contributed by atoms with E-state index in [2.05, 4.69) is 16.7 Å². The van der Waals surface area contributed by atoms with Gasteiger partial charge in [-0.05, 0) is 30.7 Å². The third-order valence-corrected chi connectivity index (χ3v) is 2.77. The van der Waals surface area contributed by atoms with Gasteiger partial charge in [0.05, 0.1) is 0 Å². The monoisotopic (exact) mass is 214 g/mol. The molecule has 0 bridgehead atoms. The van der Waals surface area contributed by atoms with Crippen molar-refractivity contribution in [3.8, 4) is 11.5 Å². The average molecular weight is 214 g/mol. The van der Waals surface area contributed by atoms with Crippen molar-refractivity contribution >= 4 is 0 Å². The van der Waals surface area contributed by atoms with Gasteiger partial charge in [0.15, 0.2) is 11.5 Å². The van der Waals surface area contributed by atoms with Crippen LogP contribution in [0.1, 0.15) is 11.3 Å². The fraction of sp³-hybridized carbons (Fsp3) is 0.231. The van der Waals surface area contributed by atoms with Crippen LogP contribution in [0.4, 0.5) is 0 Å². The summed E-state index contributed by atoms with van der Waals surface area (Å²) in [5, 5.41) is 0. The van der Waals surface area contributed by atoms with Crippen LogP contribution in [0.5, 0.6) is 11.5 Å². The summed E-state index contributed by atoms with van der Waals surface area (Å²) >= 11 is 0. The summed E-state index contributed by atoms with van der Waals surface area (Å²) in [5.41, 5.74) is 2.34. The second-order valence-corrected chi connectivity index (χ2v) is 3.86. The number of aromatic nitrogens is 1. The number of hydrogen-bond donors (Lipinski definition) is 0. The Hall–Kier alpha value is -1.90. The molecule has 1 radical (unpaired) electrons. The molecule has 0 spiro atoms. The lowest BCUT2D eigenvalue weighted by Gasteiger charge is -2.06. The molecule has 81 valence electrons. The molecule has 16 heavy (non-hydrogen) atoms. The average Bonchev–Trinajstić information content (AvgIpc) is 2.88. The van der Waals surface area contributed by atoms with Crippen LogP contribution in [-0.4, -0.2) is 11.4 Å². The minimum absolute atomic E-state index is 0.328. The van der Waals surface area contributed by atoms with Crippen molar-refractivity contribution in [2.24, 2.45) is 0 Å². The lowest BCUT2D eigenvalue weighted by molar-refractivity contribution is 0.174. The SMILES string of the molecule is Cc1[c]ccn1Cc1ccc2c(c1)OCO2. The van der Waals surface area contributed by atoms with Crippen molar-refractivity contribution in [2.75, 3.05) is 6.79 Å². The van der Waals surface area contributed by atoms with Crippen molar-refractivity contribution in [3.63, 3.8) is 0 Å². The minimum atomic E-state index is 0.328. The Morgan fingerprint density at radius 3 is 3.00 bits per heavy atom. The van der Waals surface area contributed by atoms with E-state index in [9.17, 15) is 0 Å². The van der Waals surface area contributed by atoms with Gasteiger partial charge in [0, 0.05) is 24.5 Å². The van der Waals surface area contributed by atoms with Gasteiger partial charge in [0.1, 0.15) is 0 Å². The Morgan fingerprint density at radius 2 is 2.19 bits per heavy atom. The molecule has 0 aliphatic carbocycles. The number of hydrogen-bond acceptors (Lipinski definition) is 2. The molecule has 0 amide bonds. The van der Waals surface area contributed by atoms with Crippen LogP contribution in [0.2, 0.25) is 0 Å². The maximum absolute atomic E-state index is 5.35. The fourth-order valence-corrected chi connectivity index (χ4v) is 1.85. The van der Waals surface area contributed by atoms with Gasteiger partial charge in [0.25, 0.3) is 0 Å². The Kier molecular flexibility index (Phi) is 2.10. The van der Waals surface area contributed by atoms with Crippen LogP contribution in [0, 0.1) is 13.0 Å². The van der Waals surface area contributed by atoms with E-state index >= 15 is 0 Å². The number of fused-ring (bicyclic) bond motifs is 1. The van der Waals surface area contributed by atoms with Crippen molar-refractivity contribution < 1.29 is 9.47 Å². The first-order valence-electron chi connectivity index (χ1n) is 5.25. The van der Waals surface area contributed by atoms with E-state index in [0.29, 0.717) is 6.79 Å². The maximum atomic E-state index is 5.35. The van der Waals surface area contributed by atoms with Crippen LogP contribution >= 0.6 is 0 Å². The van der Waals surface area contributed by atoms with E-state index < -0.39 is 0 Å². The summed E-state index contributed by atoms with van der Waals surface area (Å²) in [6.07, 6.45) is 2.03. The number of ether oxygens (including phenoxy) is 2. The number of nitrogens with zero attached hydrogens (tertiary/aromatic N) is 1. The highest BCUT2D eigenvalue weighted by Gasteiger charge is 2.13. The molecule has 0 unspecified atom stereocenters. The van der Waals surface area contributed by atoms with E-state index in [0.717, 1.165) is 23.7 Å². The van der Waals surface area contributed by atoms with Gasteiger partial charge in [-0.2, -0.15) is 0 Å². The smallest absolute Gasteiger partial charge is 0.231 e. The van der Waals surface area contributed by atoms with Gasteiger partial charge in [-0.1, -0.05) is 6.07 Å². The van der Waals surface area contributed by atoms with Gasteiger partial charge in [-0.25, -0.2) is 0 Å². The number of rotatable bonds is 2. The summed E-state index contributed by atoms with van der Waals surface area (Å²) in [6.45, 7) is 3.22. The van der Waals surface area contributed by atoms with Crippen molar-refractivity contribution in [1.82, 2.24) is 4.57 Å². The topological polar surface area (TPSA) is 23.4 Å². The molecular weight excluding hydrogens is 202 g/mol. The standard InChI is InChI=1S/C13H12NO2/c1-10-3-2-6-14(10)8-11-4-5-12-13(7-11)16-9-15-12/h2,4-7H,8-9H2,1H3. The zero-order chi connectivity index (χ0) is 11.0. The molecule has 2 aromatic rings. The van der Waals surface area contributed by atoms with E-state index in [1.54, 1.807) is 0 Å². The normalized spacial score (nSPS) is 13.1. The Bertz CT molecular complexity index is 516. The Labute approximate surface area is 94.2 Å². The summed E-state index contributed by atoms with van der Waals surface area (Å²) in [6, 6.07) is 11.1. The van der Waals surface area contributed by atoms with E-state index in [1.807, 2.05) is 31.3 Å². The molecule has 3 nitrogen and oxygen atoms in total. The quantitative estimate of drug-likeness (QED) is 0.766. The third kappa shape index (κ3) is 1.54. The summed E-state index contributed by atoms with van der Waals surface area (Å²) in [7, 11) is 0. The van der Waals surface area contributed by atoms with E-state index in [1.165, 1.54) is 5.56 Å². The molecular formula is C13H12NO2. The fourth-order valence-electron chi connectivity index (χ4n) is 1.85. The molecule has 1 aromatic carbocycles. The summed E-state index contributed by atoms with van der Waals surface area (Å²) in [5.74, 6) is 1.67. The highest BCUT2D eigenvalue weighted by atomic mass is 16.7. The number of aryl methyl sites for hydroxylation is 1. The Morgan fingerprint density at radius 1 is 1.31 bits per heavy atom. The van der Waals surface area contributed by atoms with Crippen molar-refractivity contribution in [2.45, 2.75) is 13.5 Å². The maximum Gasteiger partial charge on any atom is 0.231 e. The lowest BCUT2D eigenvalue weighted by atomic mass is 10.2. The highest BCUT2D eigenvalue weighted by Crippen LogP contribution is 2.32. The minimum Gasteiger partial charge on any atom is -0.454 e. The van der Waals surface area contributed by atoms with Gasteiger partial charge in [-0.3, -0.25) is 0 Å². The van der Waals surface area contributed by atoms with Crippen molar-refractivity contribution in [3.05, 3.63) is 47.8 Å². The van der Waals surface area contributed by atoms with Gasteiger partial charge in [-0.15, -0.1) is 0 Å². The lowest BCUT2D eigenvalue weighted by Crippen LogP contribution is -1.99. The first-order valence-corrected chi connectivity index (χ1v) is 5.25. The predicted octanol–water partition coefficient (Wildman–Crippen LogP) is 2.37. The Balaban J connectivity index is 1.88. The zero-order valence-corrected chi connectivity index (χ0v) is 9.06.